The Kier molecular flexibility index (Phi) is 5.35. The van der Waals surface area contributed by atoms with Gasteiger partial charge >= 0.3 is 12.0 Å². The minimum Gasteiger partial charge on any atom is -0.451 e. The van der Waals surface area contributed by atoms with Crippen molar-refractivity contribution >= 4 is 41.1 Å². The quantitative estimate of drug-likeness (QED) is 0.468. The van der Waals surface area contributed by atoms with Gasteiger partial charge in [-0.15, -0.1) is 0 Å². The molecule has 0 aliphatic carbocycles. The summed E-state index contributed by atoms with van der Waals surface area (Å²) in [5, 5.41) is 2.57. The number of halogens is 1. The van der Waals surface area contributed by atoms with Gasteiger partial charge in [-0.05, 0) is 19.1 Å². The number of ether oxygens (including phenoxy) is 1. The summed E-state index contributed by atoms with van der Waals surface area (Å²) in [7, 11) is 1.44. The van der Waals surface area contributed by atoms with Gasteiger partial charge < -0.3 is 15.0 Å². The van der Waals surface area contributed by atoms with E-state index in [1.165, 1.54) is 25.1 Å². The van der Waals surface area contributed by atoms with E-state index in [9.17, 15) is 19.2 Å². The number of likely N-dealkylation sites (N-methyl/N-ethyl adjacent to an activating group) is 1. The van der Waals surface area contributed by atoms with E-state index in [1.54, 1.807) is 12.1 Å². The van der Waals surface area contributed by atoms with Gasteiger partial charge in [0, 0.05) is 13.2 Å². The van der Waals surface area contributed by atoms with Crippen LogP contribution in [0.25, 0.3) is 0 Å². The monoisotopic (exact) mass is 354 g/mol. The van der Waals surface area contributed by atoms with Crippen LogP contribution in [0.5, 0.6) is 0 Å². The molecule has 0 unspecified atom stereocenters. The molecule has 0 saturated carbocycles. The van der Waals surface area contributed by atoms with Gasteiger partial charge in [0.15, 0.2) is 11.3 Å². The van der Waals surface area contributed by atoms with Gasteiger partial charge in [-0.2, -0.15) is 0 Å². The zero-order valence-corrected chi connectivity index (χ0v) is 13.7. The third-order valence-electron chi connectivity index (χ3n) is 3.21. The lowest BCUT2D eigenvalue weighted by atomic mass is 10.3. The Morgan fingerprint density at radius 1 is 1.46 bits per heavy atom. The molecule has 9 nitrogen and oxygen atoms in total. The molecule has 2 heterocycles. The number of pyridine rings is 1. The maximum Gasteiger partial charge on any atom is 0.327 e. The van der Waals surface area contributed by atoms with Crippen LogP contribution in [-0.4, -0.2) is 64.8 Å². The minimum atomic E-state index is -1.14. The van der Waals surface area contributed by atoms with Gasteiger partial charge in [-0.3, -0.25) is 19.3 Å². The molecule has 0 radical (unpaired) electrons. The lowest BCUT2D eigenvalue weighted by Crippen LogP contribution is -2.39. The molecule has 0 bridgehead atoms. The average molecular weight is 355 g/mol. The highest BCUT2D eigenvalue weighted by atomic mass is 35.5. The van der Waals surface area contributed by atoms with Gasteiger partial charge in [-0.1, -0.05) is 11.6 Å². The molecule has 1 fully saturated rings. The number of rotatable bonds is 5. The van der Waals surface area contributed by atoms with Crippen LogP contribution in [-0.2, 0) is 19.1 Å². The second kappa shape index (κ2) is 7.26. The van der Waals surface area contributed by atoms with Crippen molar-refractivity contribution < 1.29 is 23.9 Å². The van der Waals surface area contributed by atoms with Crippen molar-refractivity contribution in [1.29, 1.82) is 0 Å². The van der Waals surface area contributed by atoms with E-state index in [4.69, 9.17) is 16.3 Å². The predicted octanol–water partition coefficient (Wildman–Crippen LogP) is 0.499. The van der Waals surface area contributed by atoms with E-state index in [0.29, 0.717) is 0 Å². The molecule has 0 spiro atoms. The highest BCUT2D eigenvalue weighted by Gasteiger charge is 2.35. The van der Waals surface area contributed by atoms with Crippen LogP contribution in [0.3, 0.4) is 0 Å². The summed E-state index contributed by atoms with van der Waals surface area (Å²) in [5.41, 5.74) is 0.276. The van der Waals surface area contributed by atoms with E-state index < -0.39 is 36.5 Å². The average Bonchev–Trinajstić information content (AvgIpc) is 2.75. The van der Waals surface area contributed by atoms with Gasteiger partial charge in [0.2, 0.25) is 0 Å². The Bertz CT molecular complexity index is 695. The first-order valence-electron chi connectivity index (χ1n) is 6.96. The van der Waals surface area contributed by atoms with Gasteiger partial charge in [0.25, 0.3) is 11.8 Å². The lowest BCUT2D eigenvalue weighted by Gasteiger charge is -2.16. The van der Waals surface area contributed by atoms with Gasteiger partial charge in [0.05, 0.1) is 5.69 Å². The highest BCUT2D eigenvalue weighted by Crippen LogP contribution is 2.18. The smallest absolute Gasteiger partial charge is 0.327 e. The van der Waals surface area contributed by atoms with Crippen LogP contribution in [0.15, 0.2) is 18.3 Å². The molecule has 1 saturated heterocycles. The third-order valence-corrected chi connectivity index (χ3v) is 3.51. The first-order chi connectivity index (χ1) is 11.3. The van der Waals surface area contributed by atoms with E-state index in [0.717, 1.165) is 4.90 Å². The summed E-state index contributed by atoms with van der Waals surface area (Å²) < 4.78 is 4.94. The van der Waals surface area contributed by atoms with Crippen LogP contribution in [0, 0.1) is 0 Å². The number of esters is 1. The van der Waals surface area contributed by atoms with Crippen molar-refractivity contribution in [3.8, 4) is 0 Å². The number of aromatic nitrogens is 1. The Morgan fingerprint density at radius 3 is 2.75 bits per heavy atom. The number of amides is 4. The number of nitrogens with one attached hydrogen (secondary N) is 1. The van der Waals surface area contributed by atoms with Crippen molar-refractivity contribution in [2.45, 2.75) is 13.0 Å². The molecule has 1 aromatic rings. The predicted molar refractivity (Wildman–Crippen MR) is 83.2 cm³/mol. The zero-order chi connectivity index (χ0) is 17.9. The zero-order valence-electron chi connectivity index (χ0n) is 13.0. The number of anilines is 1. The van der Waals surface area contributed by atoms with Crippen molar-refractivity contribution in [3.63, 3.8) is 0 Å². The molecule has 24 heavy (non-hydrogen) atoms. The summed E-state index contributed by atoms with van der Waals surface area (Å²) in [6.07, 6.45) is 0.321. The summed E-state index contributed by atoms with van der Waals surface area (Å²) in [6.45, 7) is 0.714. The number of carbonyl (C=O) groups is 4. The molecule has 1 atom stereocenters. The Balaban J connectivity index is 1.89. The molecule has 1 aromatic heterocycles. The Hall–Kier alpha value is -2.68. The Morgan fingerprint density at radius 2 is 2.17 bits per heavy atom. The van der Waals surface area contributed by atoms with Crippen LogP contribution >= 0.6 is 11.6 Å². The van der Waals surface area contributed by atoms with Crippen molar-refractivity contribution in [2.75, 3.05) is 25.5 Å². The number of hydrogen-bond acceptors (Lipinski definition) is 6. The number of nitrogens with zero attached hydrogens (tertiary/aromatic N) is 3. The fourth-order valence-electron chi connectivity index (χ4n) is 1.96. The first kappa shape index (κ1) is 17.7. The molecule has 2 rings (SSSR count). The SMILES string of the molecule is C[C@H](OC(=O)CN1C(=O)CN(C)C1=O)C(=O)Nc1cccnc1Cl. The van der Waals surface area contributed by atoms with Crippen LogP contribution in [0.4, 0.5) is 10.5 Å². The normalized spacial score (nSPS) is 15.5. The number of imide groups is 1. The van der Waals surface area contributed by atoms with Crippen molar-refractivity contribution in [3.05, 3.63) is 23.5 Å². The summed E-state index contributed by atoms with van der Waals surface area (Å²) in [4.78, 5) is 52.8. The van der Waals surface area contributed by atoms with Crippen LogP contribution < -0.4 is 5.32 Å². The van der Waals surface area contributed by atoms with Crippen LogP contribution in [0.1, 0.15) is 6.92 Å². The first-order valence-corrected chi connectivity index (χ1v) is 7.33. The van der Waals surface area contributed by atoms with E-state index in [2.05, 4.69) is 10.3 Å². The van der Waals surface area contributed by atoms with E-state index in [-0.39, 0.29) is 17.4 Å². The fraction of sp³-hybridized carbons (Fsp3) is 0.357. The lowest BCUT2D eigenvalue weighted by molar-refractivity contribution is -0.154. The summed E-state index contributed by atoms with van der Waals surface area (Å²) in [6, 6.07) is 2.54. The second-order valence-electron chi connectivity index (χ2n) is 5.08. The molecule has 1 N–H and O–H groups in total. The third kappa shape index (κ3) is 3.99. The standard InChI is InChI=1S/C14H15ClN4O5/c1-8(13(22)17-9-4-3-5-16-12(9)15)24-11(21)7-19-10(20)6-18(2)14(19)23/h3-5,8H,6-7H2,1-2H3,(H,17,22)/t8-/m0/s1. The molecule has 1 aliphatic rings. The van der Waals surface area contributed by atoms with Crippen molar-refractivity contribution in [1.82, 2.24) is 14.8 Å². The molecular formula is C14H15ClN4O5. The molecule has 0 aromatic carbocycles. The minimum absolute atomic E-state index is 0.0956. The topological polar surface area (TPSA) is 109 Å². The van der Waals surface area contributed by atoms with Gasteiger partial charge in [0.1, 0.15) is 13.1 Å². The second-order valence-corrected chi connectivity index (χ2v) is 5.44. The van der Waals surface area contributed by atoms with Crippen molar-refractivity contribution in [2.24, 2.45) is 0 Å². The van der Waals surface area contributed by atoms with Gasteiger partial charge in [-0.25, -0.2) is 9.78 Å². The molecule has 1 aliphatic heterocycles. The van der Waals surface area contributed by atoms with E-state index in [1.807, 2.05) is 0 Å². The maximum atomic E-state index is 12.0. The largest absolute Gasteiger partial charge is 0.451 e. The summed E-state index contributed by atoms with van der Waals surface area (Å²) >= 11 is 5.82. The molecular weight excluding hydrogens is 340 g/mol. The Labute approximate surface area is 142 Å². The summed E-state index contributed by atoms with van der Waals surface area (Å²) in [5.74, 6) is -1.99. The van der Waals surface area contributed by atoms with E-state index >= 15 is 0 Å². The number of urea groups is 1. The fourth-order valence-corrected chi connectivity index (χ4v) is 2.12. The highest BCUT2D eigenvalue weighted by molar-refractivity contribution is 6.32. The molecule has 10 heteroatoms. The maximum absolute atomic E-state index is 12.0. The number of carbonyl (C=O) groups excluding carboxylic acids is 4. The number of hydrogen-bond donors (Lipinski definition) is 1. The molecule has 128 valence electrons. The molecule has 4 amide bonds. The van der Waals surface area contributed by atoms with Crippen LogP contribution in [0.2, 0.25) is 5.15 Å².